The number of rotatable bonds is 8. The number of likely N-dealkylation sites (N-methyl/N-ethyl adjacent to an activating group) is 1. The highest BCUT2D eigenvalue weighted by Gasteiger charge is 2.09. The lowest BCUT2D eigenvalue weighted by atomic mass is 10.1. The van der Waals surface area contributed by atoms with Crippen molar-refractivity contribution in [3.63, 3.8) is 0 Å². The van der Waals surface area contributed by atoms with E-state index in [0.717, 1.165) is 31.7 Å². The number of halogens is 1. The van der Waals surface area contributed by atoms with Crippen LogP contribution in [0.2, 0.25) is 0 Å². The number of benzene rings is 1. The van der Waals surface area contributed by atoms with Crippen molar-refractivity contribution in [2.45, 2.75) is 26.8 Å². The highest BCUT2D eigenvalue weighted by atomic mass is 19.1. The van der Waals surface area contributed by atoms with Crippen LogP contribution in [0.4, 0.5) is 4.39 Å². The van der Waals surface area contributed by atoms with E-state index in [4.69, 9.17) is 4.74 Å². The maximum atomic E-state index is 13.6. The first kappa shape index (κ1) is 15.9. The average molecular weight is 268 g/mol. The molecular weight excluding hydrogens is 243 g/mol. The molecule has 1 N–H and O–H groups in total. The predicted octanol–water partition coefficient (Wildman–Crippen LogP) is 2.83. The number of hydrogen-bond acceptors (Lipinski definition) is 3. The zero-order valence-corrected chi connectivity index (χ0v) is 12.4. The third-order valence-electron chi connectivity index (χ3n) is 3.45. The molecule has 1 aromatic carbocycles. The van der Waals surface area contributed by atoms with Crippen LogP contribution >= 0.6 is 0 Å². The molecule has 0 bridgehead atoms. The van der Waals surface area contributed by atoms with Gasteiger partial charge in [-0.25, -0.2) is 4.39 Å². The molecule has 0 saturated heterocycles. The number of methoxy groups -OCH3 is 1. The highest BCUT2D eigenvalue weighted by Crippen LogP contribution is 2.21. The van der Waals surface area contributed by atoms with Crippen molar-refractivity contribution in [2.75, 3.05) is 33.3 Å². The number of ether oxygens (including phenoxy) is 1. The van der Waals surface area contributed by atoms with Crippen molar-refractivity contribution in [3.8, 4) is 5.75 Å². The summed E-state index contributed by atoms with van der Waals surface area (Å²) in [5.74, 6) is -0.0171. The number of nitrogens with one attached hydrogen (secondary N) is 1. The molecule has 0 heterocycles. The molecule has 0 amide bonds. The fraction of sp³-hybridized carbons (Fsp3) is 0.600. The molecule has 1 atom stereocenters. The number of hydrogen-bond donors (Lipinski definition) is 1. The van der Waals surface area contributed by atoms with Crippen molar-refractivity contribution >= 4 is 0 Å². The lowest BCUT2D eigenvalue weighted by molar-refractivity contribution is 0.298. The Bertz CT molecular complexity index is 380. The van der Waals surface area contributed by atoms with Crippen LogP contribution in [0.1, 0.15) is 32.4 Å². The molecule has 0 radical (unpaired) electrons. The van der Waals surface area contributed by atoms with Gasteiger partial charge in [0.2, 0.25) is 0 Å². The average Bonchev–Trinajstić information content (AvgIpc) is 2.43. The molecule has 4 heteroatoms. The van der Waals surface area contributed by atoms with Crippen LogP contribution < -0.4 is 10.1 Å². The fourth-order valence-electron chi connectivity index (χ4n) is 2.05. The zero-order valence-electron chi connectivity index (χ0n) is 12.4. The van der Waals surface area contributed by atoms with E-state index in [0.29, 0.717) is 5.75 Å². The van der Waals surface area contributed by atoms with E-state index in [2.05, 4.69) is 24.1 Å². The summed E-state index contributed by atoms with van der Waals surface area (Å²) in [6.07, 6.45) is 0. The van der Waals surface area contributed by atoms with Crippen molar-refractivity contribution in [3.05, 3.63) is 29.6 Å². The maximum absolute atomic E-state index is 13.6. The minimum Gasteiger partial charge on any atom is -0.494 e. The normalized spacial score (nSPS) is 12.7. The molecular formula is C15H25FN2O. The molecule has 0 aliphatic carbocycles. The first-order valence-electron chi connectivity index (χ1n) is 6.91. The van der Waals surface area contributed by atoms with Crippen molar-refractivity contribution in [1.82, 2.24) is 10.2 Å². The Balaban J connectivity index is 2.49. The van der Waals surface area contributed by atoms with Gasteiger partial charge >= 0.3 is 0 Å². The van der Waals surface area contributed by atoms with Gasteiger partial charge in [0.1, 0.15) is 0 Å². The molecule has 0 aliphatic rings. The second-order valence-electron chi connectivity index (χ2n) is 4.60. The summed E-state index contributed by atoms with van der Waals surface area (Å²) >= 11 is 0. The van der Waals surface area contributed by atoms with E-state index in [1.807, 2.05) is 13.0 Å². The van der Waals surface area contributed by atoms with Crippen molar-refractivity contribution < 1.29 is 9.13 Å². The van der Waals surface area contributed by atoms with Crippen LogP contribution in [0.5, 0.6) is 5.75 Å². The Labute approximate surface area is 115 Å². The Morgan fingerprint density at radius 3 is 2.53 bits per heavy atom. The molecule has 19 heavy (non-hydrogen) atoms. The molecule has 0 aromatic heterocycles. The molecule has 1 rings (SSSR count). The van der Waals surface area contributed by atoms with Crippen molar-refractivity contribution in [2.24, 2.45) is 0 Å². The minimum atomic E-state index is -0.308. The standard InChI is InChI=1S/C15H25FN2O/c1-5-18(6-2)10-9-17-12(3)13-7-8-15(19-4)14(16)11-13/h7-8,11-12,17H,5-6,9-10H2,1-4H3. The molecule has 108 valence electrons. The zero-order chi connectivity index (χ0) is 14.3. The van der Waals surface area contributed by atoms with Crippen LogP contribution in [-0.4, -0.2) is 38.2 Å². The Hall–Kier alpha value is -1.13. The summed E-state index contributed by atoms with van der Waals surface area (Å²) in [4.78, 5) is 2.36. The maximum Gasteiger partial charge on any atom is 0.165 e. The second-order valence-corrected chi connectivity index (χ2v) is 4.60. The van der Waals surface area contributed by atoms with Crippen molar-refractivity contribution in [1.29, 1.82) is 0 Å². The van der Waals surface area contributed by atoms with Gasteiger partial charge in [-0.15, -0.1) is 0 Å². The largest absolute Gasteiger partial charge is 0.494 e. The Morgan fingerprint density at radius 1 is 1.32 bits per heavy atom. The lowest BCUT2D eigenvalue weighted by Gasteiger charge is -2.20. The van der Waals surface area contributed by atoms with E-state index in [-0.39, 0.29) is 11.9 Å². The minimum absolute atomic E-state index is 0.135. The molecule has 0 fully saturated rings. The van der Waals surface area contributed by atoms with E-state index in [1.165, 1.54) is 13.2 Å². The first-order chi connectivity index (χ1) is 9.12. The van der Waals surface area contributed by atoms with E-state index >= 15 is 0 Å². The fourth-order valence-corrected chi connectivity index (χ4v) is 2.05. The van der Waals surface area contributed by atoms with Gasteiger partial charge in [-0.1, -0.05) is 19.9 Å². The van der Waals surface area contributed by atoms with Crippen LogP contribution in [-0.2, 0) is 0 Å². The van der Waals surface area contributed by atoms with Crippen LogP contribution in [0.25, 0.3) is 0 Å². The van der Waals surface area contributed by atoms with Gasteiger partial charge in [-0.05, 0) is 37.7 Å². The van der Waals surface area contributed by atoms with Gasteiger partial charge in [-0.3, -0.25) is 0 Å². The smallest absolute Gasteiger partial charge is 0.165 e. The molecule has 3 nitrogen and oxygen atoms in total. The summed E-state index contributed by atoms with van der Waals surface area (Å²) in [7, 11) is 1.48. The SMILES string of the molecule is CCN(CC)CCNC(C)c1ccc(OC)c(F)c1. The third-order valence-corrected chi connectivity index (χ3v) is 3.45. The molecule has 1 unspecified atom stereocenters. The highest BCUT2D eigenvalue weighted by molar-refractivity contribution is 5.30. The van der Waals surface area contributed by atoms with Crippen LogP contribution in [0.3, 0.4) is 0 Å². The molecule has 0 aliphatic heterocycles. The third kappa shape index (κ3) is 4.80. The first-order valence-corrected chi connectivity index (χ1v) is 6.91. The summed E-state index contributed by atoms with van der Waals surface area (Å²) in [5, 5.41) is 3.41. The van der Waals surface area contributed by atoms with E-state index in [1.54, 1.807) is 6.07 Å². The monoisotopic (exact) mass is 268 g/mol. The number of nitrogens with zero attached hydrogens (tertiary/aromatic N) is 1. The van der Waals surface area contributed by atoms with E-state index in [9.17, 15) is 4.39 Å². The van der Waals surface area contributed by atoms with Gasteiger partial charge in [0.25, 0.3) is 0 Å². The lowest BCUT2D eigenvalue weighted by Crippen LogP contribution is -2.33. The van der Waals surface area contributed by atoms with E-state index < -0.39 is 0 Å². The summed E-state index contributed by atoms with van der Waals surface area (Å²) in [6.45, 7) is 10.4. The van der Waals surface area contributed by atoms with Gasteiger partial charge in [0.05, 0.1) is 7.11 Å². The molecule has 0 saturated carbocycles. The molecule has 1 aromatic rings. The van der Waals surface area contributed by atoms with Gasteiger partial charge < -0.3 is 15.0 Å². The second kappa shape index (κ2) is 8.12. The topological polar surface area (TPSA) is 24.5 Å². The van der Waals surface area contributed by atoms with Gasteiger partial charge in [0.15, 0.2) is 11.6 Å². The predicted molar refractivity (Wildman–Crippen MR) is 77.2 cm³/mol. The summed E-state index contributed by atoms with van der Waals surface area (Å²) in [6, 6.07) is 5.24. The van der Waals surface area contributed by atoms with Crippen LogP contribution in [0.15, 0.2) is 18.2 Å². The van der Waals surface area contributed by atoms with Crippen LogP contribution in [0, 0.1) is 5.82 Å². The Morgan fingerprint density at radius 2 is 2.00 bits per heavy atom. The quantitative estimate of drug-likeness (QED) is 0.784. The summed E-state index contributed by atoms with van der Waals surface area (Å²) < 4.78 is 18.5. The molecule has 0 spiro atoms. The van der Waals surface area contributed by atoms with Gasteiger partial charge in [-0.2, -0.15) is 0 Å². The summed E-state index contributed by atoms with van der Waals surface area (Å²) in [5.41, 5.74) is 0.942. The Kier molecular flexibility index (Phi) is 6.81. The van der Waals surface area contributed by atoms with Gasteiger partial charge in [0, 0.05) is 19.1 Å².